The van der Waals surface area contributed by atoms with Gasteiger partial charge < -0.3 is 14.5 Å². The molecule has 0 amide bonds. The van der Waals surface area contributed by atoms with Gasteiger partial charge in [-0.25, -0.2) is 0 Å². The predicted octanol–water partition coefficient (Wildman–Crippen LogP) is 4.80. The summed E-state index contributed by atoms with van der Waals surface area (Å²) in [6, 6.07) is 14.4. The number of fused-ring (bicyclic) bond motifs is 1. The fourth-order valence-corrected chi connectivity index (χ4v) is 2.86. The van der Waals surface area contributed by atoms with Crippen molar-refractivity contribution in [1.82, 2.24) is 4.98 Å². The molecule has 3 rings (SSSR count). The normalized spacial score (nSPS) is 10.9. The number of methoxy groups -OCH3 is 1. The SMILES string of the molecule is CCOc1ccc(-c2[nH]c3cc(OC)ccc3c2CC)cc1. The average Bonchev–Trinajstić information content (AvgIpc) is 2.93. The zero-order valence-corrected chi connectivity index (χ0v) is 13.3. The highest BCUT2D eigenvalue weighted by atomic mass is 16.5. The van der Waals surface area contributed by atoms with Crippen molar-refractivity contribution in [2.45, 2.75) is 20.3 Å². The van der Waals surface area contributed by atoms with E-state index in [0.717, 1.165) is 23.4 Å². The maximum absolute atomic E-state index is 5.52. The minimum Gasteiger partial charge on any atom is -0.497 e. The number of nitrogens with one attached hydrogen (secondary N) is 1. The summed E-state index contributed by atoms with van der Waals surface area (Å²) in [5, 5.41) is 1.26. The first-order valence-corrected chi connectivity index (χ1v) is 7.68. The Kier molecular flexibility index (Phi) is 4.05. The minimum absolute atomic E-state index is 0.686. The lowest BCUT2D eigenvalue weighted by Crippen LogP contribution is -1.91. The zero-order chi connectivity index (χ0) is 15.5. The van der Waals surface area contributed by atoms with Gasteiger partial charge >= 0.3 is 0 Å². The second kappa shape index (κ2) is 6.14. The average molecular weight is 295 g/mol. The Hall–Kier alpha value is -2.42. The van der Waals surface area contributed by atoms with Gasteiger partial charge in [0.15, 0.2) is 0 Å². The molecule has 0 saturated carbocycles. The van der Waals surface area contributed by atoms with Crippen molar-refractivity contribution in [3.63, 3.8) is 0 Å². The Labute approximate surface area is 130 Å². The molecule has 2 aromatic carbocycles. The Morgan fingerprint density at radius 2 is 1.68 bits per heavy atom. The third kappa shape index (κ3) is 2.54. The number of aromatic amines is 1. The van der Waals surface area contributed by atoms with Crippen molar-refractivity contribution in [3.8, 4) is 22.8 Å². The third-order valence-electron chi connectivity index (χ3n) is 3.92. The van der Waals surface area contributed by atoms with Crippen LogP contribution < -0.4 is 9.47 Å². The summed E-state index contributed by atoms with van der Waals surface area (Å²) in [5.74, 6) is 1.77. The molecule has 0 aliphatic heterocycles. The highest BCUT2D eigenvalue weighted by molar-refractivity contribution is 5.91. The molecule has 1 aromatic heterocycles. The summed E-state index contributed by atoms with van der Waals surface area (Å²) in [5.41, 5.74) is 4.80. The van der Waals surface area contributed by atoms with E-state index in [4.69, 9.17) is 9.47 Å². The Morgan fingerprint density at radius 3 is 2.32 bits per heavy atom. The molecule has 114 valence electrons. The van der Waals surface area contributed by atoms with E-state index in [1.807, 2.05) is 31.2 Å². The van der Waals surface area contributed by atoms with E-state index < -0.39 is 0 Å². The largest absolute Gasteiger partial charge is 0.497 e. The van der Waals surface area contributed by atoms with Gasteiger partial charge in [0.05, 0.1) is 13.7 Å². The van der Waals surface area contributed by atoms with Gasteiger partial charge in [0.2, 0.25) is 0 Å². The molecule has 22 heavy (non-hydrogen) atoms. The molecule has 0 unspecified atom stereocenters. The van der Waals surface area contributed by atoms with E-state index in [1.165, 1.54) is 22.2 Å². The van der Waals surface area contributed by atoms with E-state index >= 15 is 0 Å². The van der Waals surface area contributed by atoms with Crippen LogP contribution in [-0.2, 0) is 6.42 Å². The lowest BCUT2D eigenvalue weighted by atomic mass is 10.0. The van der Waals surface area contributed by atoms with Gasteiger partial charge in [-0.3, -0.25) is 0 Å². The van der Waals surface area contributed by atoms with Gasteiger partial charge in [0.25, 0.3) is 0 Å². The van der Waals surface area contributed by atoms with Crippen molar-refractivity contribution in [1.29, 1.82) is 0 Å². The number of benzene rings is 2. The van der Waals surface area contributed by atoms with E-state index in [9.17, 15) is 0 Å². The smallest absolute Gasteiger partial charge is 0.120 e. The predicted molar refractivity (Wildman–Crippen MR) is 90.8 cm³/mol. The highest BCUT2D eigenvalue weighted by Crippen LogP contribution is 2.33. The maximum Gasteiger partial charge on any atom is 0.120 e. The quantitative estimate of drug-likeness (QED) is 0.733. The molecule has 3 nitrogen and oxygen atoms in total. The van der Waals surface area contributed by atoms with Gasteiger partial charge in [-0.05, 0) is 60.9 Å². The fraction of sp³-hybridized carbons (Fsp3) is 0.263. The van der Waals surface area contributed by atoms with Crippen molar-refractivity contribution in [3.05, 3.63) is 48.0 Å². The third-order valence-corrected chi connectivity index (χ3v) is 3.92. The Balaban J connectivity index is 2.08. The van der Waals surface area contributed by atoms with Gasteiger partial charge in [-0.15, -0.1) is 0 Å². The Morgan fingerprint density at radius 1 is 0.955 bits per heavy atom. The first-order valence-electron chi connectivity index (χ1n) is 7.68. The topological polar surface area (TPSA) is 34.2 Å². The summed E-state index contributed by atoms with van der Waals surface area (Å²) in [7, 11) is 1.69. The van der Waals surface area contributed by atoms with Gasteiger partial charge in [-0.2, -0.15) is 0 Å². The van der Waals surface area contributed by atoms with Crippen LogP contribution in [0.4, 0.5) is 0 Å². The van der Waals surface area contributed by atoms with E-state index in [2.05, 4.69) is 30.1 Å². The molecule has 3 heteroatoms. The number of rotatable bonds is 5. The molecular weight excluding hydrogens is 274 g/mol. The molecule has 0 aliphatic rings. The first-order chi connectivity index (χ1) is 10.8. The summed E-state index contributed by atoms with van der Waals surface area (Å²) >= 11 is 0. The van der Waals surface area contributed by atoms with Crippen molar-refractivity contribution in [2.75, 3.05) is 13.7 Å². The van der Waals surface area contributed by atoms with Crippen LogP contribution in [-0.4, -0.2) is 18.7 Å². The number of ether oxygens (including phenoxy) is 2. The summed E-state index contributed by atoms with van der Waals surface area (Å²) < 4.78 is 10.8. The second-order valence-corrected chi connectivity index (χ2v) is 5.20. The van der Waals surface area contributed by atoms with Crippen molar-refractivity contribution < 1.29 is 9.47 Å². The maximum atomic E-state index is 5.52. The lowest BCUT2D eigenvalue weighted by Gasteiger charge is -2.06. The van der Waals surface area contributed by atoms with E-state index in [-0.39, 0.29) is 0 Å². The summed E-state index contributed by atoms with van der Waals surface area (Å²) in [4.78, 5) is 3.54. The van der Waals surface area contributed by atoms with Crippen LogP contribution in [0.5, 0.6) is 11.5 Å². The standard InChI is InChI=1S/C19H21NO2/c1-4-16-17-11-10-15(21-3)12-18(17)20-19(16)13-6-8-14(9-7-13)22-5-2/h6-12,20H,4-5H2,1-3H3. The van der Waals surface area contributed by atoms with Crippen LogP contribution in [0.25, 0.3) is 22.2 Å². The number of aryl methyl sites for hydroxylation is 1. The van der Waals surface area contributed by atoms with Gasteiger partial charge in [-0.1, -0.05) is 6.92 Å². The first kappa shape index (κ1) is 14.5. The molecule has 1 heterocycles. The van der Waals surface area contributed by atoms with Crippen LogP contribution >= 0.6 is 0 Å². The summed E-state index contributed by atoms with van der Waals surface area (Å²) in [6.45, 7) is 4.87. The molecular formula is C19H21NO2. The van der Waals surface area contributed by atoms with Crippen LogP contribution in [0.3, 0.4) is 0 Å². The van der Waals surface area contributed by atoms with Crippen molar-refractivity contribution >= 4 is 10.9 Å². The number of hydrogen-bond donors (Lipinski definition) is 1. The van der Waals surface area contributed by atoms with Crippen molar-refractivity contribution in [2.24, 2.45) is 0 Å². The molecule has 0 bridgehead atoms. The van der Waals surface area contributed by atoms with Crippen LogP contribution in [0.15, 0.2) is 42.5 Å². The van der Waals surface area contributed by atoms with Crippen LogP contribution in [0.2, 0.25) is 0 Å². The number of hydrogen-bond acceptors (Lipinski definition) is 2. The number of H-pyrrole nitrogens is 1. The number of aromatic nitrogens is 1. The molecule has 0 aliphatic carbocycles. The minimum atomic E-state index is 0.686. The zero-order valence-electron chi connectivity index (χ0n) is 13.3. The highest BCUT2D eigenvalue weighted by Gasteiger charge is 2.12. The Bertz CT molecular complexity index is 772. The fourth-order valence-electron chi connectivity index (χ4n) is 2.86. The van der Waals surface area contributed by atoms with Crippen LogP contribution in [0, 0.1) is 0 Å². The van der Waals surface area contributed by atoms with E-state index in [1.54, 1.807) is 7.11 Å². The summed E-state index contributed by atoms with van der Waals surface area (Å²) in [6.07, 6.45) is 0.981. The molecule has 0 saturated heterocycles. The lowest BCUT2D eigenvalue weighted by molar-refractivity contribution is 0.340. The molecule has 3 aromatic rings. The molecule has 1 N–H and O–H groups in total. The molecule has 0 atom stereocenters. The monoisotopic (exact) mass is 295 g/mol. The molecule has 0 radical (unpaired) electrons. The molecule has 0 fully saturated rings. The molecule has 0 spiro atoms. The second-order valence-electron chi connectivity index (χ2n) is 5.20. The van der Waals surface area contributed by atoms with Gasteiger partial charge in [0, 0.05) is 22.7 Å². The van der Waals surface area contributed by atoms with Gasteiger partial charge in [0.1, 0.15) is 11.5 Å². The van der Waals surface area contributed by atoms with Crippen LogP contribution in [0.1, 0.15) is 19.4 Å². The van der Waals surface area contributed by atoms with E-state index in [0.29, 0.717) is 6.61 Å².